The zero-order valence-electron chi connectivity index (χ0n) is 10.3. The molecule has 4 heteroatoms. The first-order valence-electron chi connectivity index (χ1n) is 6.55. The Balaban J connectivity index is 1.66. The van der Waals surface area contributed by atoms with Crippen LogP contribution in [0.25, 0.3) is 0 Å². The molecule has 0 bridgehead atoms. The highest BCUT2D eigenvalue weighted by atomic mass is 79.9. The Morgan fingerprint density at radius 3 is 2.89 bits per heavy atom. The molecule has 3 atom stereocenters. The number of rotatable bonds is 2. The summed E-state index contributed by atoms with van der Waals surface area (Å²) >= 11 is 3.18. The SMILES string of the molecule is NC1CCC2CN(Cc3ccc(Br)c(F)c3)CC12. The Hall–Kier alpha value is -0.450. The number of nitrogens with zero attached hydrogens (tertiary/aromatic N) is 1. The van der Waals surface area contributed by atoms with Gasteiger partial charge in [-0.25, -0.2) is 4.39 Å². The predicted octanol–water partition coefficient (Wildman–Crippen LogP) is 2.76. The molecule has 0 amide bonds. The van der Waals surface area contributed by atoms with Crippen molar-refractivity contribution in [2.45, 2.75) is 25.4 Å². The van der Waals surface area contributed by atoms with Crippen LogP contribution in [0.4, 0.5) is 4.39 Å². The van der Waals surface area contributed by atoms with Crippen LogP contribution in [0.1, 0.15) is 18.4 Å². The highest BCUT2D eigenvalue weighted by Crippen LogP contribution is 2.37. The second kappa shape index (κ2) is 4.91. The average molecular weight is 313 g/mol. The topological polar surface area (TPSA) is 29.3 Å². The van der Waals surface area contributed by atoms with Crippen molar-refractivity contribution in [3.63, 3.8) is 0 Å². The van der Waals surface area contributed by atoms with Crippen LogP contribution in [0, 0.1) is 17.7 Å². The molecule has 0 aromatic heterocycles. The molecule has 3 unspecified atom stereocenters. The van der Waals surface area contributed by atoms with Crippen molar-refractivity contribution < 1.29 is 4.39 Å². The first-order valence-corrected chi connectivity index (χ1v) is 7.34. The average Bonchev–Trinajstić information content (AvgIpc) is 2.87. The summed E-state index contributed by atoms with van der Waals surface area (Å²) in [7, 11) is 0. The van der Waals surface area contributed by atoms with Gasteiger partial charge in [-0.3, -0.25) is 4.90 Å². The third-order valence-corrected chi connectivity index (χ3v) is 5.02. The van der Waals surface area contributed by atoms with Gasteiger partial charge in [-0.2, -0.15) is 0 Å². The number of likely N-dealkylation sites (tertiary alicyclic amines) is 1. The lowest BCUT2D eigenvalue weighted by molar-refractivity contribution is 0.298. The fourth-order valence-electron chi connectivity index (χ4n) is 3.43. The second-order valence-electron chi connectivity index (χ2n) is 5.61. The molecule has 1 aliphatic heterocycles. The van der Waals surface area contributed by atoms with Gasteiger partial charge in [0.1, 0.15) is 5.82 Å². The van der Waals surface area contributed by atoms with Crippen LogP contribution in [0.15, 0.2) is 22.7 Å². The van der Waals surface area contributed by atoms with E-state index >= 15 is 0 Å². The largest absolute Gasteiger partial charge is 0.327 e. The van der Waals surface area contributed by atoms with E-state index in [9.17, 15) is 4.39 Å². The van der Waals surface area contributed by atoms with Gasteiger partial charge in [0.15, 0.2) is 0 Å². The standard InChI is InChI=1S/C14H18BrFN2/c15-12-3-1-9(5-13(12)16)6-18-7-10-2-4-14(17)11(10)8-18/h1,3,5,10-11,14H,2,4,6-8,17H2. The molecule has 0 spiro atoms. The van der Waals surface area contributed by atoms with Crippen molar-refractivity contribution in [2.24, 2.45) is 17.6 Å². The van der Waals surface area contributed by atoms with Crippen molar-refractivity contribution in [3.05, 3.63) is 34.1 Å². The van der Waals surface area contributed by atoms with Gasteiger partial charge in [-0.1, -0.05) is 6.07 Å². The van der Waals surface area contributed by atoms with Gasteiger partial charge in [-0.15, -0.1) is 0 Å². The highest BCUT2D eigenvalue weighted by Gasteiger charge is 2.40. The van der Waals surface area contributed by atoms with Crippen LogP contribution in [0.2, 0.25) is 0 Å². The number of fused-ring (bicyclic) bond motifs is 1. The van der Waals surface area contributed by atoms with E-state index in [0.29, 0.717) is 16.4 Å². The first kappa shape index (κ1) is 12.6. The summed E-state index contributed by atoms with van der Waals surface area (Å²) < 4.78 is 14.0. The van der Waals surface area contributed by atoms with Gasteiger partial charge in [0.25, 0.3) is 0 Å². The molecule has 1 saturated carbocycles. The fraction of sp³-hybridized carbons (Fsp3) is 0.571. The Kier molecular flexibility index (Phi) is 3.43. The Morgan fingerprint density at radius 2 is 2.17 bits per heavy atom. The lowest BCUT2D eigenvalue weighted by Crippen LogP contribution is -2.30. The fourth-order valence-corrected chi connectivity index (χ4v) is 3.67. The molecule has 2 aliphatic rings. The molecule has 2 N–H and O–H groups in total. The maximum absolute atomic E-state index is 13.5. The molecule has 1 aromatic rings. The summed E-state index contributed by atoms with van der Waals surface area (Å²) in [4.78, 5) is 2.41. The van der Waals surface area contributed by atoms with Crippen molar-refractivity contribution >= 4 is 15.9 Å². The monoisotopic (exact) mass is 312 g/mol. The molecule has 1 aromatic carbocycles. The van der Waals surface area contributed by atoms with E-state index in [4.69, 9.17) is 5.73 Å². The molecule has 3 rings (SSSR count). The van der Waals surface area contributed by atoms with Crippen LogP contribution < -0.4 is 5.73 Å². The number of hydrogen-bond acceptors (Lipinski definition) is 2. The number of hydrogen-bond donors (Lipinski definition) is 1. The van der Waals surface area contributed by atoms with E-state index in [1.165, 1.54) is 12.8 Å². The minimum atomic E-state index is -0.177. The summed E-state index contributed by atoms with van der Waals surface area (Å²) in [6.07, 6.45) is 2.44. The van der Waals surface area contributed by atoms with Crippen molar-refractivity contribution in [1.29, 1.82) is 0 Å². The van der Waals surface area contributed by atoms with Crippen molar-refractivity contribution in [2.75, 3.05) is 13.1 Å². The van der Waals surface area contributed by atoms with E-state index < -0.39 is 0 Å². The molecule has 2 fully saturated rings. The van der Waals surface area contributed by atoms with Crippen LogP contribution in [-0.2, 0) is 6.54 Å². The van der Waals surface area contributed by atoms with E-state index in [2.05, 4.69) is 20.8 Å². The first-order chi connectivity index (χ1) is 8.63. The normalized spacial score (nSPS) is 31.8. The van der Waals surface area contributed by atoms with Crippen LogP contribution in [0.5, 0.6) is 0 Å². The van der Waals surface area contributed by atoms with Crippen LogP contribution >= 0.6 is 15.9 Å². The molecule has 0 radical (unpaired) electrons. The van der Waals surface area contributed by atoms with Crippen LogP contribution in [-0.4, -0.2) is 24.0 Å². The highest BCUT2D eigenvalue weighted by molar-refractivity contribution is 9.10. The van der Waals surface area contributed by atoms with Gasteiger partial charge < -0.3 is 5.73 Å². The van der Waals surface area contributed by atoms with Crippen LogP contribution in [0.3, 0.4) is 0 Å². The molecule has 1 heterocycles. The van der Waals surface area contributed by atoms with E-state index in [-0.39, 0.29) is 5.82 Å². The van der Waals surface area contributed by atoms with E-state index in [0.717, 1.165) is 31.1 Å². The molecular formula is C14H18BrFN2. The second-order valence-corrected chi connectivity index (χ2v) is 6.46. The predicted molar refractivity (Wildman–Crippen MR) is 73.6 cm³/mol. The summed E-state index contributed by atoms with van der Waals surface area (Å²) in [5.74, 6) is 1.24. The molecule has 1 saturated heterocycles. The number of halogens is 2. The van der Waals surface area contributed by atoms with Gasteiger partial charge in [0, 0.05) is 25.7 Å². The third-order valence-electron chi connectivity index (χ3n) is 4.38. The zero-order valence-corrected chi connectivity index (χ0v) is 11.9. The van der Waals surface area contributed by atoms with Gasteiger partial charge >= 0.3 is 0 Å². The number of nitrogens with two attached hydrogens (primary N) is 1. The Morgan fingerprint density at radius 1 is 1.33 bits per heavy atom. The summed E-state index contributed by atoms with van der Waals surface area (Å²) in [5.41, 5.74) is 7.17. The Bertz CT molecular complexity index is 451. The van der Waals surface area contributed by atoms with E-state index in [1.807, 2.05) is 6.07 Å². The maximum Gasteiger partial charge on any atom is 0.137 e. The van der Waals surface area contributed by atoms with E-state index in [1.54, 1.807) is 12.1 Å². The molecule has 18 heavy (non-hydrogen) atoms. The summed E-state index contributed by atoms with van der Waals surface area (Å²) in [5, 5.41) is 0. The lowest BCUT2D eigenvalue weighted by Gasteiger charge is -2.18. The quantitative estimate of drug-likeness (QED) is 0.910. The maximum atomic E-state index is 13.5. The molecule has 1 aliphatic carbocycles. The molecule has 98 valence electrons. The zero-order chi connectivity index (χ0) is 12.7. The van der Waals surface area contributed by atoms with Gasteiger partial charge in [-0.05, 0) is 58.3 Å². The minimum absolute atomic E-state index is 0.177. The smallest absolute Gasteiger partial charge is 0.137 e. The molecular weight excluding hydrogens is 295 g/mol. The number of benzene rings is 1. The van der Waals surface area contributed by atoms with Gasteiger partial charge in [0.05, 0.1) is 4.47 Å². The Labute approximate surface area is 115 Å². The molecule has 2 nitrogen and oxygen atoms in total. The van der Waals surface area contributed by atoms with Crippen molar-refractivity contribution in [3.8, 4) is 0 Å². The summed E-state index contributed by atoms with van der Waals surface area (Å²) in [6, 6.07) is 5.77. The van der Waals surface area contributed by atoms with Gasteiger partial charge in [0.2, 0.25) is 0 Å². The third kappa shape index (κ3) is 2.33. The summed E-state index contributed by atoms with van der Waals surface area (Å²) in [6.45, 7) is 3.03. The minimum Gasteiger partial charge on any atom is -0.327 e. The van der Waals surface area contributed by atoms with Crippen molar-refractivity contribution in [1.82, 2.24) is 4.90 Å². The lowest BCUT2D eigenvalue weighted by atomic mass is 9.98.